The molecule has 5 aromatic rings. The van der Waals surface area contributed by atoms with Crippen LogP contribution >= 0.6 is 0 Å². The number of nitrogens with zero attached hydrogens (tertiary/aromatic N) is 2. The Balaban J connectivity index is 1.43. The minimum Gasteiger partial charge on any atom is -0.489 e. The number of carboxylic acids is 1. The highest BCUT2D eigenvalue weighted by molar-refractivity contribution is 5.99. The quantitative estimate of drug-likeness (QED) is 0.170. The second kappa shape index (κ2) is 14.5. The maximum absolute atomic E-state index is 13.9. The van der Waals surface area contributed by atoms with Gasteiger partial charge in [-0.05, 0) is 77.4 Å². The van der Waals surface area contributed by atoms with E-state index in [2.05, 4.69) is 16.7 Å². The number of rotatable bonds is 10. The number of aromatic nitrogens is 1. The van der Waals surface area contributed by atoms with Gasteiger partial charge >= 0.3 is 5.97 Å². The molecular formula is C40H42N2O4. The van der Waals surface area contributed by atoms with E-state index in [1.54, 1.807) is 17.0 Å². The van der Waals surface area contributed by atoms with Crippen LogP contribution in [-0.2, 0) is 24.5 Å². The van der Waals surface area contributed by atoms with Crippen molar-refractivity contribution < 1.29 is 19.4 Å². The lowest BCUT2D eigenvalue weighted by atomic mass is 9.83. The maximum Gasteiger partial charge on any atom is 0.335 e. The molecule has 1 saturated carbocycles. The topological polar surface area (TPSA) is 71.8 Å². The average molecular weight is 615 g/mol. The van der Waals surface area contributed by atoms with Crippen LogP contribution in [0.5, 0.6) is 5.75 Å². The Kier molecular flexibility index (Phi) is 9.82. The predicted molar refractivity (Wildman–Crippen MR) is 183 cm³/mol. The molecule has 1 aromatic heterocycles. The number of ether oxygens (including phenoxy) is 1. The Morgan fingerprint density at radius 2 is 1.43 bits per heavy atom. The molecule has 46 heavy (non-hydrogen) atoms. The Hall–Kier alpha value is -4.84. The third kappa shape index (κ3) is 7.17. The summed E-state index contributed by atoms with van der Waals surface area (Å²) in [6.07, 6.45) is 8.20. The van der Waals surface area contributed by atoms with Gasteiger partial charge in [0.2, 0.25) is 5.91 Å². The van der Waals surface area contributed by atoms with Crippen LogP contribution in [-0.4, -0.2) is 33.5 Å². The monoisotopic (exact) mass is 614 g/mol. The summed E-state index contributed by atoms with van der Waals surface area (Å²) in [5.41, 5.74) is 6.39. The highest BCUT2D eigenvalue weighted by Crippen LogP contribution is 2.44. The molecule has 0 radical (unpaired) electrons. The van der Waals surface area contributed by atoms with E-state index in [-0.39, 0.29) is 18.0 Å². The van der Waals surface area contributed by atoms with Crippen molar-refractivity contribution in [2.75, 3.05) is 7.05 Å². The van der Waals surface area contributed by atoms with E-state index in [9.17, 15) is 14.7 Å². The molecule has 6 nitrogen and oxygen atoms in total. The number of hydrogen-bond acceptors (Lipinski definition) is 3. The van der Waals surface area contributed by atoms with Gasteiger partial charge in [-0.2, -0.15) is 0 Å². The molecule has 1 N–H and O–H groups in total. The molecule has 0 bridgehead atoms. The molecule has 1 aliphatic carbocycles. The number of carbonyl (C=O) groups excluding carboxylic acids is 1. The fourth-order valence-corrected chi connectivity index (χ4v) is 6.79. The number of benzene rings is 4. The zero-order valence-electron chi connectivity index (χ0n) is 26.5. The minimum atomic E-state index is -0.976. The highest BCUT2D eigenvalue weighted by atomic mass is 16.5. The fraction of sp³-hybridized carbons (Fsp3) is 0.300. The number of carbonyl (C=O) groups is 2. The van der Waals surface area contributed by atoms with Gasteiger partial charge < -0.3 is 19.3 Å². The summed E-state index contributed by atoms with van der Waals surface area (Å²) in [5, 5.41) is 11.0. The zero-order chi connectivity index (χ0) is 31.9. The lowest BCUT2D eigenvalue weighted by Gasteiger charge is -2.23. The van der Waals surface area contributed by atoms with Gasteiger partial charge in [0.15, 0.2) is 0 Å². The average Bonchev–Trinajstić information content (AvgIpc) is 3.37. The van der Waals surface area contributed by atoms with Crippen LogP contribution in [0.2, 0.25) is 0 Å². The SMILES string of the molecule is CN(Cc1ccccc1)C(=O)Cn1c(-c2ccc(OCc3ccccc3)cc2)c(C2CCCCCCC2)c2ccc(C(=O)O)cc21. The molecule has 1 amide bonds. The number of fused-ring (bicyclic) bond motifs is 1. The Morgan fingerprint density at radius 3 is 2.09 bits per heavy atom. The first-order valence-electron chi connectivity index (χ1n) is 16.4. The van der Waals surface area contributed by atoms with E-state index in [1.807, 2.05) is 85.9 Å². The van der Waals surface area contributed by atoms with Crippen LogP contribution in [0.1, 0.15) is 77.9 Å². The predicted octanol–water partition coefficient (Wildman–Crippen LogP) is 9.07. The summed E-state index contributed by atoms with van der Waals surface area (Å²) >= 11 is 0. The van der Waals surface area contributed by atoms with E-state index in [4.69, 9.17) is 4.74 Å². The Labute approximate surface area is 271 Å². The standard InChI is InChI=1S/C40H42N2O4/c1-41(26-29-13-7-5-8-14-29)37(43)27-42-36-25-33(40(44)45)21-24-35(36)38(31-17-11-3-2-4-12-18-31)39(42)32-19-22-34(23-20-32)46-28-30-15-9-6-10-16-30/h5-10,13-16,19-25,31H,2-4,11-12,17-18,26-28H2,1H3,(H,44,45). The minimum absolute atomic E-state index is 0.0326. The van der Waals surface area contributed by atoms with E-state index in [1.165, 1.54) is 24.8 Å². The van der Waals surface area contributed by atoms with Crippen LogP contribution in [0.25, 0.3) is 22.2 Å². The van der Waals surface area contributed by atoms with Crippen LogP contribution in [0, 0.1) is 0 Å². The van der Waals surface area contributed by atoms with Crippen molar-refractivity contribution >= 4 is 22.8 Å². The van der Waals surface area contributed by atoms with Crippen molar-refractivity contribution in [3.63, 3.8) is 0 Å². The third-order valence-corrected chi connectivity index (χ3v) is 9.22. The second-order valence-corrected chi connectivity index (χ2v) is 12.5. The summed E-state index contributed by atoms with van der Waals surface area (Å²) in [7, 11) is 1.83. The number of aromatic carboxylic acids is 1. The molecule has 1 heterocycles. The summed E-state index contributed by atoms with van der Waals surface area (Å²) < 4.78 is 8.18. The number of amides is 1. The van der Waals surface area contributed by atoms with E-state index in [0.717, 1.165) is 64.7 Å². The Morgan fingerprint density at radius 1 is 0.804 bits per heavy atom. The van der Waals surface area contributed by atoms with Crippen molar-refractivity contribution in [2.24, 2.45) is 0 Å². The number of carboxylic acid groups (broad SMARTS) is 1. The normalized spacial score (nSPS) is 14.0. The first kappa shape index (κ1) is 31.2. The molecule has 0 atom stereocenters. The summed E-state index contributed by atoms with van der Waals surface area (Å²) in [5.74, 6) is 0.0846. The zero-order valence-corrected chi connectivity index (χ0v) is 26.5. The van der Waals surface area contributed by atoms with Gasteiger partial charge in [0.05, 0.1) is 16.8 Å². The van der Waals surface area contributed by atoms with E-state index >= 15 is 0 Å². The van der Waals surface area contributed by atoms with Gasteiger partial charge in [-0.3, -0.25) is 4.79 Å². The lowest BCUT2D eigenvalue weighted by molar-refractivity contribution is -0.130. The maximum atomic E-state index is 13.9. The fourth-order valence-electron chi connectivity index (χ4n) is 6.79. The van der Waals surface area contributed by atoms with Gasteiger partial charge in [-0.1, -0.05) is 98.8 Å². The second-order valence-electron chi connectivity index (χ2n) is 12.5. The molecule has 4 aromatic carbocycles. The highest BCUT2D eigenvalue weighted by Gasteiger charge is 2.27. The third-order valence-electron chi connectivity index (χ3n) is 9.22. The van der Waals surface area contributed by atoms with Crippen molar-refractivity contribution in [3.8, 4) is 17.0 Å². The molecule has 0 spiro atoms. The van der Waals surface area contributed by atoms with E-state index in [0.29, 0.717) is 19.1 Å². The molecule has 1 aliphatic rings. The van der Waals surface area contributed by atoms with Gasteiger partial charge in [-0.25, -0.2) is 4.79 Å². The van der Waals surface area contributed by atoms with Crippen molar-refractivity contribution in [1.29, 1.82) is 0 Å². The number of likely N-dealkylation sites (N-methyl/N-ethyl adjacent to an activating group) is 1. The van der Waals surface area contributed by atoms with Crippen molar-refractivity contribution in [1.82, 2.24) is 9.47 Å². The summed E-state index contributed by atoms with van der Waals surface area (Å²) in [6.45, 7) is 1.09. The number of hydrogen-bond donors (Lipinski definition) is 1. The van der Waals surface area contributed by atoms with Crippen LogP contribution in [0.15, 0.2) is 103 Å². The van der Waals surface area contributed by atoms with E-state index < -0.39 is 5.97 Å². The summed E-state index contributed by atoms with van der Waals surface area (Å²) in [6, 6.07) is 33.6. The molecule has 0 saturated heterocycles. The molecule has 6 rings (SSSR count). The van der Waals surface area contributed by atoms with Crippen molar-refractivity contribution in [3.05, 3.63) is 125 Å². The summed E-state index contributed by atoms with van der Waals surface area (Å²) in [4.78, 5) is 27.8. The van der Waals surface area contributed by atoms with Crippen LogP contribution < -0.4 is 4.74 Å². The van der Waals surface area contributed by atoms with Crippen LogP contribution in [0.3, 0.4) is 0 Å². The molecule has 236 valence electrons. The van der Waals surface area contributed by atoms with Gasteiger partial charge in [0.25, 0.3) is 0 Å². The smallest absolute Gasteiger partial charge is 0.335 e. The molecule has 1 fully saturated rings. The van der Waals surface area contributed by atoms with Gasteiger partial charge in [-0.15, -0.1) is 0 Å². The largest absolute Gasteiger partial charge is 0.489 e. The first-order valence-corrected chi connectivity index (χ1v) is 16.4. The molecular weight excluding hydrogens is 572 g/mol. The Bertz CT molecular complexity index is 1770. The molecule has 0 unspecified atom stereocenters. The van der Waals surface area contributed by atoms with Crippen molar-refractivity contribution in [2.45, 2.75) is 70.6 Å². The molecule has 6 heteroatoms. The van der Waals surface area contributed by atoms with Gasteiger partial charge in [0.1, 0.15) is 18.9 Å². The van der Waals surface area contributed by atoms with Crippen LogP contribution in [0.4, 0.5) is 0 Å². The first-order chi connectivity index (χ1) is 22.5. The molecule has 0 aliphatic heterocycles. The van der Waals surface area contributed by atoms with Gasteiger partial charge in [0, 0.05) is 19.0 Å². The lowest BCUT2D eigenvalue weighted by Crippen LogP contribution is -2.30.